The van der Waals surface area contributed by atoms with E-state index in [0.717, 1.165) is 24.8 Å². The third kappa shape index (κ3) is 12.2. The molecule has 0 aromatic heterocycles. The van der Waals surface area contributed by atoms with Gasteiger partial charge >= 0.3 is 51.4 Å². The van der Waals surface area contributed by atoms with Gasteiger partial charge in [-0.1, -0.05) is 77.2 Å². The summed E-state index contributed by atoms with van der Waals surface area (Å²) in [6, 6.07) is 10.3. The number of hydrogen-bond acceptors (Lipinski definition) is 4. The molecule has 2 rings (SSSR count). The number of ether oxygens (including phenoxy) is 1. The summed E-state index contributed by atoms with van der Waals surface area (Å²) in [5.74, 6) is 0.731. The molecule has 2 aromatic carbocycles. The van der Waals surface area contributed by atoms with Crippen LogP contribution in [-0.2, 0) is 16.5 Å². The third-order valence-electron chi connectivity index (χ3n) is 5.37. The summed E-state index contributed by atoms with van der Waals surface area (Å²) in [7, 11) is -4.24. The summed E-state index contributed by atoms with van der Waals surface area (Å²) in [5.41, 5.74) is 0.952. The molecule has 0 aliphatic carbocycles. The van der Waals surface area contributed by atoms with Crippen molar-refractivity contribution in [1.82, 2.24) is 0 Å². The Hall–Kier alpha value is -0.414. The molecule has 172 valence electrons. The van der Waals surface area contributed by atoms with Crippen LogP contribution in [0.5, 0.6) is 17.2 Å². The van der Waals surface area contributed by atoms with E-state index in [-0.39, 0.29) is 62.0 Å². The van der Waals surface area contributed by atoms with Crippen molar-refractivity contribution in [1.29, 1.82) is 0 Å². The molecule has 0 unspecified atom stereocenters. The Balaban J connectivity index is 0.00000512. The fraction of sp³-hybridized carbons (Fsp3) is 0.520. The molecule has 0 radical (unpaired) electrons. The summed E-state index contributed by atoms with van der Waals surface area (Å²) in [5, 5.41) is 12.0. The van der Waals surface area contributed by atoms with E-state index in [0.29, 0.717) is 11.5 Å². The zero-order valence-corrected chi connectivity index (χ0v) is 23.5. The molecule has 0 saturated heterocycles. The van der Waals surface area contributed by atoms with Crippen LogP contribution in [0.25, 0.3) is 0 Å². The Morgan fingerprint density at radius 1 is 0.781 bits per heavy atom. The molecule has 0 spiro atoms. The van der Waals surface area contributed by atoms with Crippen molar-refractivity contribution in [2.75, 3.05) is 0 Å². The van der Waals surface area contributed by atoms with Gasteiger partial charge in [-0.3, -0.25) is 4.55 Å². The molecule has 0 aliphatic heterocycles. The van der Waals surface area contributed by atoms with Gasteiger partial charge in [-0.15, -0.1) is 5.75 Å². The van der Waals surface area contributed by atoms with Crippen LogP contribution in [0.3, 0.4) is 0 Å². The van der Waals surface area contributed by atoms with Crippen molar-refractivity contribution < 1.29 is 74.2 Å². The van der Waals surface area contributed by atoms with Crippen LogP contribution in [-0.4, -0.2) is 13.0 Å². The smallest absolute Gasteiger partial charge is 0.872 e. The quantitative estimate of drug-likeness (QED) is 0.236. The van der Waals surface area contributed by atoms with Crippen molar-refractivity contribution in [3.63, 3.8) is 0 Å². The molecular formula is C25H35KO5S. The molecule has 32 heavy (non-hydrogen) atoms. The molecule has 0 bridgehead atoms. The van der Waals surface area contributed by atoms with Crippen molar-refractivity contribution in [2.24, 2.45) is 0 Å². The van der Waals surface area contributed by atoms with E-state index in [1.54, 1.807) is 6.07 Å². The minimum Gasteiger partial charge on any atom is -0.872 e. The second-order valence-electron chi connectivity index (χ2n) is 8.15. The second kappa shape index (κ2) is 16.3. The number of unbranched alkanes of at least 4 members (excludes halogenated alkanes) is 10. The third-order valence-corrected chi connectivity index (χ3v) is 6.23. The number of aryl methyl sites for hydroxylation is 1. The van der Waals surface area contributed by atoms with Crippen LogP contribution >= 0.6 is 0 Å². The molecule has 0 atom stereocenters. The van der Waals surface area contributed by atoms with Gasteiger partial charge in [0.05, 0.1) is 4.90 Å². The molecule has 0 fully saturated rings. The largest absolute Gasteiger partial charge is 1.00 e. The molecule has 0 amide bonds. The van der Waals surface area contributed by atoms with Crippen LogP contribution in [0.4, 0.5) is 0 Å². The molecule has 2 aromatic rings. The summed E-state index contributed by atoms with van der Waals surface area (Å²) in [6.07, 6.45) is 15.0. The topological polar surface area (TPSA) is 86.7 Å². The van der Waals surface area contributed by atoms with Gasteiger partial charge in [0.2, 0.25) is 0 Å². The van der Waals surface area contributed by atoms with Gasteiger partial charge in [-0.25, -0.2) is 0 Å². The first kappa shape index (κ1) is 29.6. The normalized spacial score (nSPS) is 11.2. The van der Waals surface area contributed by atoms with E-state index in [1.807, 2.05) is 6.07 Å². The van der Waals surface area contributed by atoms with E-state index in [1.165, 1.54) is 88.1 Å². The molecule has 7 heteroatoms. The maximum atomic E-state index is 12.0. The second-order valence-corrected chi connectivity index (χ2v) is 9.57. The summed E-state index contributed by atoms with van der Waals surface area (Å²) >= 11 is 0. The maximum absolute atomic E-state index is 12.0. The van der Waals surface area contributed by atoms with E-state index < -0.39 is 10.1 Å². The van der Waals surface area contributed by atoms with Gasteiger partial charge in [0.1, 0.15) is 11.5 Å². The van der Waals surface area contributed by atoms with Crippen LogP contribution in [0, 0.1) is 0 Å². The molecule has 0 saturated carbocycles. The average molecular weight is 487 g/mol. The monoisotopic (exact) mass is 486 g/mol. The van der Waals surface area contributed by atoms with E-state index in [4.69, 9.17) is 9.29 Å². The summed E-state index contributed by atoms with van der Waals surface area (Å²) in [4.78, 5) is -0.199. The molecule has 1 N–H and O–H groups in total. The van der Waals surface area contributed by atoms with Crippen LogP contribution < -0.4 is 61.2 Å². The zero-order chi connectivity index (χ0) is 22.5. The summed E-state index contributed by atoms with van der Waals surface area (Å²) < 4.78 is 37.0. The van der Waals surface area contributed by atoms with Gasteiger partial charge < -0.3 is 9.84 Å². The first-order chi connectivity index (χ1) is 14.9. The number of benzene rings is 2. The van der Waals surface area contributed by atoms with Crippen LogP contribution in [0.2, 0.25) is 0 Å². The Morgan fingerprint density at radius 3 is 1.84 bits per heavy atom. The molecular weight excluding hydrogens is 451 g/mol. The van der Waals surface area contributed by atoms with Gasteiger partial charge in [-0.2, -0.15) is 8.42 Å². The fourth-order valence-electron chi connectivity index (χ4n) is 3.64. The van der Waals surface area contributed by atoms with Crippen molar-refractivity contribution in [3.05, 3.63) is 48.0 Å². The van der Waals surface area contributed by atoms with Crippen molar-refractivity contribution in [3.8, 4) is 17.2 Å². The van der Waals surface area contributed by atoms with Crippen molar-refractivity contribution >= 4 is 10.1 Å². The van der Waals surface area contributed by atoms with Gasteiger partial charge in [0, 0.05) is 0 Å². The molecule has 5 nitrogen and oxygen atoms in total. The van der Waals surface area contributed by atoms with Gasteiger partial charge in [0.25, 0.3) is 10.1 Å². The average Bonchev–Trinajstić information content (AvgIpc) is 2.71. The Bertz CT molecular complexity index is 882. The first-order valence-corrected chi connectivity index (χ1v) is 12.9. The Morgan fingerprint density at radius 2 is 1.31 bits per heavy atom. The molecule has 0 aliphatic rings. The predicted molar refractivity (Wildman–Crippen MR) is 122 cm³/mol. The van der Waals surface area contributed by atoms with Gasteiger partial charge in [-0.05, 0) is 54.8 Å². The number of rotatable bonds is 15. The first-order valence-electron chi connectivity index (χ1n) is 11.4. The Kier molecular flexibility index (Phi) is 15.0. The van der Waals surface area contributed by atoms with Crippen LogP contribution in [0.15, 0.2) is 47.4 Å². The predicted octanol–water partition coefficient (Wildman–Crippen LogP) is 3.66. The van der Waals surface area contributed by atoms with E-state index >= 15 is 0 Å². The minimum absolute atomic E-state index is 0. The zero-order valence-electron chi connectivity index (χ0n) is 19.5. The number of hydrogen-bond donors (Lipinski definition) is 1. The van der Waals surface area contributed by atoms with Gasteiger partial charge in [0.15, 0.2) is 0 Å². The fourth-order valence-corrected chi connectivity index (χ4v) is 4.12. The Labute approximate surface area is 236 Å². The minimum atomic E-state index is -4.24. The van der Waals surface area contributed by atoms with Crippen LogP contribution in [0.1, 0.15) is 83.1 Å². The SMILES string of the molecule is CCCCCCCCCCCCCc1cc([O-])cc(Oc2ccc(S(=O)(=O)O)cc2)c1.[K+]. The standard InChI is InChI=1S/C25H36O5S.K/c1-2-3-4-5-6-7-8-9-10-11-12-13-21-18-22(26)20-24(19-21)30-23-14-16-25(17-15-23)31(27,28)29;/h14-20,26H,2-13H2,1H3,(H,27,28,29);/q;+1/p-1. The van der Waals surface area contributed by atoms with E-state index in [2.05, 4.69) is 6.92 Å². The summed E-state index contributed by atoms with van der Waals surface area (Å²) in [6.45, 7) is 2.24. The van der Waals surface area contributed by atoms with Crippen molar-refractivity contribution in [2.45, 2.75) is 88.9 Å². The molecule has 0 heterocycles. The van der Waals surface area contributed by atoms with E-state index in [9.17, 15) is 13.5 Å². The maximum Gasteiger partial charge on any atom is 1.00 e.